The molecule has 1 atom stereocenters. The van der Waals surface area contributed by atoms with E-state index >= 15 is 0 Å². The molecule has 60 valence electrons. The van der Waals surface area contributed by atoms with Crippen LogP contribution in [0.1, 0.15) is 6.92 Å². The van der Waals surface area contributed by atoms with Gasteiger partial charge < -0.3 is 0 Å². The third-order valence-corrected chi connectivity index (χ3v) is 19.0. The molecule has 0 amide bonds. The quantitative estimate of drug-likeness (QED) is 0.504. The van der Waals surface area contributed by atoms with Crippen molar-refractivity contribution in [2.24, 2.45) is 0 Å². The Bertz CT molecular complexity index is 220. The van der Waals surface area contributed by atoms with Crippen LogP contribution in [0.5, 0.6) is 0 Å². The number of rotatable bonds is 3. The Kier molecular flexibility index (Phi) is 13.0. The van der Waals surface area contributed by atoms with Gasteiger partial charge in [-0.2, -0.15) is 0 Å². The summed E-state index contributed by atoms with van der Waals surface area (Å²) in [6.45, 7) is 2.31. The van der Waals surface area contributed by atoms with Crippen LogP contribution in [0, 0.1) is 0 Å². The van der Waals surface area contributed by atoms with E-state index in [1.54, 1.807) is 0 Å². The van der Waals surface area contributed by atoms with Gasteiger partial charge in [0, 0.05) is 0 Å². The average molecular weight is 294 g/mol. The molecule has 0 saturated heterocycles. The molecule has 0 fully saturated rings. The third-order valence-electron chi connectivity index (χ3n) is 0.486. The van der Waals surface area contributed by atoms with Crippen molar-refractivity contribution in [3.63, 3.8) is 0 Å². The van der Waals surface area contributed by atoms with Gasteiger partial charge in [-0.05, 0) is 0 Å². The minimum atomic E-state index is -0.473. The first-order valence-corrected chi connectivity index (χ1v) is 14.4. The van der Waals surface area contributed by atoms with Gasteiger partial charge in [-0.25, -0.2) is 0 Å². The van der Waals surface area contributed by atoms with Gasteiger partial charge in [0.2, 0.25) is 0 Å². The van der Waals surface area contributed by atoms with Gasteiger partial charge >= 0.3 is 79.6 Å². The van der Waals surface area contributed by atoms with Crippen LogP contribution in [0.4, 0.5) is 0 Å². The van der Waals surface area contributed by atoms with Crippen LogP contribution in [-0.2, 0) is 4.52 Å². The molecule has 0 aliphatic rings. The Morgan fingerprint density at radius 1 is 1.45 bits per heavy atom. The molecule has 0 saturated carbocycles. The van der Waals surface area contributed by atoms with Crippen molar-refractivity contribution in [3.05, 3.63) is 0 Å². The molecular formula is C2H6OP8. The van der Waals surface area contributed by atoms with Crippen molar-refractivity contribution in [2.75, 3.05) is 6.61 Å². The molecule has 11 heavy (non-hydrogen) atoms. The second-order valence-corrected chi connectivity index (χ2v) is 16.9. The van der Waals surface area contributed by atoms with Crippen molar-refractivity contribution < 1.29 is 4.52 Å². The Morgan fingerprint density at radius 3 is 2.73 bits per heavy atom. The van der Waals surface area contributed by atoms with Gasteiger partial charge in [0.15, 0.2) is 0 Å². The zero-order valence-electron chi connectivity index (χ0n) is 5.75. The van der Waals surface area contributed by atoms with E-state index in [0.717, 1.165) is 6.61 Å². The normalized spacial score (nSPS) is 13.3. The number of hydrogen-bond donors (Lipinski definition) is 0. The van der Waals surface area contributed by atoms with E-state index in [0.29, 0.717) is 0 Å². The van der Waals surface area contributed by atoms with Crippen molar-refractivity contribution >= 4 is 61.6 Å². The van der Waals surface area contributed by atoms with Gasteiger partial charge in [-0.1, -0.05) is 0 Å². The fourth-order valence-corrected chi connectivity index (χ4v) is 21.0. The van der Waals surface area contributed by atoms with E-state index in [-0.39, 0.29) is 0 Å². The molecule has 1 unspecified atom stereocenters. The minimum absolute atomic E-state index is 0.473. The molecular weight excluding hydrogens is 288 g/mol. The molecule has 0 spiro atoms. The topological polar surface area (TPSA) is 9.23 Å². The van der Waals surface area contributed by atoms with Crippen LogP contribution < -0.4 is 0 Å². The predicted molar refractivity (Wildman–Crippen MR) is 68.4 cm³/mol. The molecule has 0 aromatic carbocycles. The summed E-state index contributed by atoms with van der Waals surface area (Å²) in [6.07, 6.45) is 0. The van der Waals surface area contributed by atoms with E-state index in [9.17, 15) is 0 Å². The fourth-order valence-electron chi connectivity index (χ4n) is 0.231. The van der Waals surface area contributed by atoms with Crippen LogP contribution in [0.15, 0.2) is 0 Å². The Hall–Kier alpha value is 2.49. The summed E-state index contributed by atoms with van der Waals surface area (Å²) >= 11 is 0. The van der Waals surface area contributed by atoms with E-state index in [1.165, 1.54) is 37.8 Å². The van der Waals surface area contributed by atoms with Gasteiger partial charge in [-0.3, -0.25) is 0 Å². The van der Waals surface area contributed by atoms with Crippen molar-refractivity contribution in [1.29, 1.82) is 0 Å². The van der Waals surface area contributed by atoms with Crippen LogP contribution in [-0.4, -0.2) is 6.61 Å². The van der Waals surface area contributed by atoms with E-state index in [4.69, 9.17) is 4.52 Å². The van der Waals surface area contributed by atoms with Crippen LogP contribution >= 0.6 is 61.6 Å². The summed E-state index contributed by atoms with van der Waals surface area (Å²) in [5, 5.41) is 0. The third kappa shape index (κ3) is 10.4. The molecule has 0 radical (unpaired) electrons. The first-order chi connectivity index (χ1) is 5.31. The maximum atomic E-state index is 5.31. The van der Waals surface area contributed by atoms with Crippen molar-refractivity contribution in [3.8, 4) is 0 Å². The zero-order valence-corrected chi connectivity index (χ0v) is 13.0. The monoisotopic (exact) mass is 294 g/mol. The van der Waals surface area contributed by atoms with E-state index in [1.807, 2.05) is 6.92 Å². The SMILES string of the molecule is CCOP(#P)P=PP=PP=P. The molecule has 9 heteroatoms. The first-order valence-electron chi connectivity index (χ1n) is 2.60. The standard InChI is InChI=1S/C2H6OP8/c1-2-3-11(5)10-9-8-7-6-4/h4H,2H2,1H3. The summed E-state index contributed by atoms with van der Waals surface area (Å²) in [5.41, 5.74) is 0. The zero-order chi connectivity index (χ0) is 8.53. The van der Waals surface area contributed by atoms with Gasteiger partial charge in [0.05, 0.1) is 0 Å². The molecule has 0 N–H and O–H groups in total. The Labute approximate surface area is 79.7 Å². The van der Waals surface area contributed by atoms with Gasteiger partial charge in [0.25, 0.3) is 0 Å². The van der Waals surface area contributed by atoms with Crippen LogP contribution in [0.25, 0.3) is 0 Å². The molecule has 0 bridgehead atoms. The molecule has 0 aliphatic heterocycles. The number of hydrogen-bond acceptors (Lipinski definition) is 1. The molecule has 0 heterocycles. The van der Waals surface area contributed by atoms with Crippen molar-refractivity contribution in [2.45, 2.75) is 6.92 Å². The molecule has 0 aromatic rings. The van der Waals surface area contributed by atoms with E-state index in [2.05, 4.69) is 16.9 Å². The fraction of sp³-hybridized carbons (Fsp3) is 1.00. The Balaban J connectivity index is 3.67. The van der Waals surface area contributed by atoms with Crippen LogP contribution in [0.3, 0.4) is 0 Å². The van der Waals surface area contributed by atoms with Gasteiger partial charge in [-0.15, -0.1) is 0 Å². The Morgan fingerprint density at radius 2 is 2.18 bits per heavy atom. The predicted octanol–water partition coefficient (Wildman–Crippen LogP) is 7.11. The molecule has 0 rings (SSSR count). The molecule has 0 aromatic heterocycles. The summed E-state index contributed by atoms with van der Waals surface area (Å²) in [5.74, 6) is 0. The van der Waals surface area contributed by atoms with E-state index < -0.39 is 6.94 Å². The first kappa shape index (κ1) is 13.5. The maximum absolute atomic E-state index is 5.31. The summed E-state index contributed by atoms with van der Waals surface area (Å²) in [7, 11) is 14.5. The van der Waals surface area contributed by atoms with Crippen molar-refractivity contribution in [1.82, 2.24) is 0 Å². The second-order valence-electron chi connectivity index (χ2n) is 1.13. The second kappa shape index (κ2) is 10.6. The summed E-state index contributed by atoms with van der Waals surface area (Å²) < 4.78 is 5.31. The summed E-state index contributed by atoms with van der Waals surface area (Å²) in [4.78, 5) is 0. The molecule has 1 nitrogen and oxygen atoms in total. The van der Waals surface area contributed by atoms with Gasteiger partial charge in [0.1, 0.15) is 0 Å². The summed E-state index contributed by atoms with van der Waals surface area (Å²) in [6, 6.07) is 0. The molecule has 0 aliphatic carbocycles. The van der Waals surface area contributed by atoms with Crippen LogP contribution in [0.2, 0.25) is 0 Å². The average Bonchev–Trinajstić information content (AvgIpc) is 1.99.